The molecule has 0 saturated heterocycles. The molecule has 0 fully saturated rings. The summed E-state index contributed by atoms with van der Waals surface area (Å²) in [6.07, 6.45) is 6.10. The van der Waals surface area contributed by atoms with Crippen LogP contribution in [0.5, 0.6) is 0 Å². The number of hydrogen-bond donors (Lipinski definition) is 1. The summed E-state index contributed by atoms with van der Waals surface area (Å²) in [6, 6.07) is 8.19. The highest BCUT2D eigenvalue weighted by Crippen LogP contribution is 2.23. The second kappa shape index (κ2) is 7.93. The molecule has 0 atom stereocenters. The molecule has 134 valence electrons. The molecule has 0 aliphatic carbocycles. The van der Waals surface area contributed by atoms with Crippen LogP contribution in [0, 0.1) is 5.82 Å². The Hall–Kier alpha value is -2.99. The van der Waals surface area contributed by atoms with Crippen LogP contribution in [0.4, 0.5) is 4.39 Å². The molecular formula is C20H20FN3O2. The van der Waals surface area contributed by atoms with Gasteiger partial charge in [0, 0.05) is 18.1 Å². The first-order valence-electron chi connectivity index (χ1n) is 8.37. The first-order valence-corrected chi connectivity index (χ1v) is 8.37. The van der Waals surface area contributed by atoms with Gasteiger partial charge >= 0.3 is 0 Å². The molecule has 3 aromatic rings. The molecule has 2 aromatic heterocycles. The van der Waals surface area contributed by atoms with Gasteiger partial charge < -0.3 is 4.57 Å². The van der Waals surface area contributed by atoms with E-state index >= 15 is 0 Å². The number of pyridine rings is 1. The summed E-state index contributed by atoms with van der Waals surface area (Å²) in [6.45, 7) is 6.41. The minimum atomic E-state index is -0.401. The average molecular weight is 353 g/mol. The van der Waals surface area contributed by atoms with Crippen molar-refractivity contribution in [3.05, 3.63) is 78.0 Å². The first kappa shape index (κ1) is 17.8. The minimum absolute atomic E-state index is 0.224. The third kappa shape index (κ3) is 3.81. The van der Waals surface area contributed by atoms with E-state index in [0.29, 0.717) is 6.54 Å². The summed E-state index contributed by atoms with van der Waals surface area (Å²) < 4.78 is 15.2. The number of hydroxylamine groups is 1. The fourth-order valence-corrected chi connectivity index (χ4v) is 2.80. The van der Waals surface area contributed by atoms with E-state index in [-0.39, 0.29) is 18.1 Å². The number of rotatable bonds is 7. The zero-order valence-corrected chi connectivity index (χ0v) is 14.5. The van der Waals surface area contributed by atoms with Gasteiger partial charge in [-0.2, -0.15) is 0 Å². The molecule has 2 heterocycles. The number of nitrogens with zero attached hydrogens (tertiary/aromatic N) is 2. The first-order chi connectivity index (χ1) is 12.6. The molecule has 3 rings (SSSR count). The zero-order valence-electron chi connectivity index (χ0n) is 14.5. The van der Waals surface area contributed by atoms with Gasteiger partial charge in [-0.15, -0.1) is 6.58 Å². The maximum absolute atomic E-state index is 13.1. The fraction of sp³-hybridized carbons (Fsp3) is 0.200. The number of aromatic nitrogens is 2. The van der Waals surface area contributed by atoms with Gasteiger partial charge in [-0.05, 0) is 35.7 Å². The average Bonchev–Trinajstić information content (AvgIpc) is 3.00. The number of halogens is 1. The van der Waals surface area contributed by atoms with Crippen molar-refractivity contribution in [1.82, 2.24) is 15.0 Å². The molecule has 0 radical (unpaired) electrons. The van der Waals surface area contributed by atoms with Crippen molar-refractivity contribution < 1.29 is 14.0 Å². The Kier molecular flexibility index (Phi) is 5.43. The Balaban J connectivity index is 1.90. The van der Waals surface area contributed by atoms with Gasteiger partial charge in [-0.1, -0.05) is 25.1 Å². The van der Waals surface area contributed by atoms with Gasteiger partial charge in [0.15, 0.2) is 0 Å². The highest BCUT2D eigenvalue weighted by Gasteiger charge is 2.13. The van der Waals surface area contributed by atoms with Crippen LogP contribution in [0.3, 0.4) is 0 Å². The molecule has 0 aliphatic rings. The number of amides is 1. The minimum Gasteiger partial charge on any atom is -0.342 e. The summed E-state index contributed by atoms with van der Waals surface area (Å²) >= 11 is 0. The lowest BCUT2D eigenvalue weighted by molar-refractivity contribution is 0.0417. The smallest absolute Gasteiger partial charge is 0.293 e. The van der Waals surface area contributed by atoms with E-state index in [1.165, 1.54) is 12.1 Å². The monoisotopic (exact) mass is 353 g/mol. The molecule has 1 aromatic carbocycles. The summed E-state index contributed by atoms with van der Waals surface area (Å²) in [4.78, 5) is 21.3. The van der Waals surface area contributed by atoms with Crippen molar-refractivity contribution in [1.29, 1.82) is 0 Å². The van der Waals surface area contributed by atoms with Gasteiger partial charge in [0.2, 0.25) is 0 Å². The number of benzene rings is 1. The predicted molar refractivity (Wildman–Crippen MR) is 98.2 cm³/mol. The van der Waals surface area contributed by atoms with Crippen molar-refractivity contribution in [3.63, 3.8) is 0 Å². The van der Waals surface area contributed by atoms with Crippen molar-refractivity contribution in [2.24, 2.45) is 0 Å². The van der Waals surface area contributed by atoms with Gasteiger partial charge in [-0.25, -0.2) is 14.9 Å². The van der Waals surface area contributed by atoms with Crippen molar-refractivity contribution >= 4 is 16.8 Å². The molecule has 0 bridgehead atoms. The van der Waals surface area contributed by atoms with Crippen LogP contribution in [0.15, 0.2) is 55.4 Å². The summed E-state index contributed by atoms with van der Waals surface area (Å²) in [5, 5.41) is 0.971. The van der Waals surface area contributed by atoms with Gasteiger partial charge in [0.25, 0.3) is 5.91 Å². The van der Waals surface area contributed by atoms with Crippen LogP contribution in [-0.4, -0.2) is 22.1 Å². The topological polar surface area (TPSA) is 56.1 Å². The number of fused-ring (bicyclic) bond motifs is 1. The third-order valence-electron chi connectivity index (χ3n) is 4.10. The number of nitrogens with one attached hydrogen (secondary N) is 1. The Morgan fingerprint density at radius 2 is 2.15 bits per heavy atom. The molecule has 1 amide bonds. The lowest BCUT2D eigenvalue weighted by Crippen LogP contribution is -2.24. The lowest BCUT2D eigenvalue weighted by atomic mass is 10.1. The highest BCUT2D eigenvalue weighted by molar-refractivity contribution is 5.96. The number of aryl methyl sites for hydroxylation is 1. The molecule has 0 saturated carbocycles. The largest absolute Gasteiger partial charge is 0.342 e. The van der Waals surface area contributed by atoms with Crippen LogP contribution < -0.4 is 5.48 Å². The highest BCUT2D eigenvalue weighted by atomic mass is 19.1. The SMILES string of the molecule is C=CCONC(=O)c1cc2c(CC)cn(Cc3ccc(F)cc3)c2cn1. The standard InChI is InChI=1S/C20H20FN3O2/c1-3-9-26-23-20(25)18-10-17-15(4-2)13-24(19(17)11-22-18)12-14-5-7-16(21)8-6-14/h3,5-8,10-11,13H,1,4,9,12H2,2H3,(H,23,25). The Bertz CT molecular complexity index is 932. The quantitative estimate of drug-likeness (QED) is 0.401. The Morgan fingerprint density at radius 3 is 2.85 bits per heavy atom. The van der Waals surface area contributed by atoms with Gasteiger partial charge in [0.1, 0.15) is 11.5 Å². The number of hydrogen-bond acceptors (Lipinski definition) is 3. The van der Waals surface area contributed by atoms with Crippen LogP contribution in [0.2, 0.25) is 0 Å². The molecule has 26 heavy (non-hydrogen) atoms. The lowest BCUT2D eigenvalue weighted by Gasteiger charge is -2.07. The summed E-state index contributed by atoms with van der Waals surface area (Å²) in [7, 11) is 0. The van der Waals surface area contributed by atoms with Crippen molar-refractivity contribution in [3.8, 4) is 0 Å². The molecule has 1 N–H and O–H groups in total. The van der Waals surface area contributed by atoms with E-state index in [1.54, 1.807) is 30.5 Å². The van der Waals surface area contributed by atoms with E-state index in [2.05, 4.69) is 28.5 Å². The van der Waals surface area contributed by atoms with Crippen molar-refractivity contribution in [2.45, 2.75) is 19.9 Å². The maximum Gasteiger partial charge on any atom is 0.293 e. The normalized spacial score (nSPS) is 10.8. The Labute approximate surface area is 151 Å². The van der Waals surface area contributed by atoms with E-state index in [0.717, 1.165) is 28.5 Å². The van der Waals surface area contributed by atoms with Crippen LogP contribution >= 0.6 is 0 Å². The second-order valence-corrected chi connectivity index (χ2v) is 5.88. The van der Waals surface area contributed by atoms with E-state index < -0.39 is 5.91 Å². The fourth-order valence-electron chi connectivity index (χ4n) is 2.80. The van der Waals surface area contributed by atoms with Crippen LogP contribution in [-0.2, 0) is 17.8 Å². The van der Waals surface area contributed by atoms with Crippen molar-refractivity contribution in [2.75, 3.05) is 6.61 Å². The van der Waals surface area contributed by atoms with Crippen LogP contribution in [0.1, 0.15) is 28.5 Å². The zero-order chi connectivity index (χ0) is 18.5. The summed E-state index contributed by atoms with van der Waals surface area (Å²) in [5.41, 5.74) is 5.66. The molecular weight excluding hydrogens is 333 g/mol. The second-order valence-electron chi connectivity index (χ2n) is 5.88. The van der Waals surface area contributed by atoms with E-state index in [4.69, 9.17) is 4.84 Å². The predicted octanol–water partition coefficient (Wildman–Crippen LogP) is 3.63. The Morgan fingerprint density at radius 1 is 1.38 bits per heavy atom. The number of carbonyl (C=O) groups excluding carboxylic acids is 1. The molecule has 0 aliphatic heterocycles. The molecule has 0 unspecified atom stereocenters. The third-order valence-corrected chi connectivity index (χ3v) is 4.10. The summed E-state index contributed by atoms with van der Waals surface area (Å²) in [5.74, 6) is -0.654. The maximum atomic E-state index is 13.1. The molecule has 0 spiro atoms. The van der Waals surface area contributed by atoms with Gasteiger partial charge in [0.05, 0.1) is 18.3 Å². The molecule has 6 heteroatoms. The van der Waals surface area contributed by atoms with Gasteiger partial charge in [-0.3, -0.25) is 9.63 Å². The van der Waals surface area contributed by atoms with E-state index in [1.807, 2.05) is 6.20 Å². The molecule has 5 nitrogen and oxygen atoms in total. The van der Waals surface area contributed by atoms with Crippen LogP contribution in [0.25, 0.3) is 10.9 Å². The number of carbonyl (C=O) groups is 1. The van der Waals surface area contributed by atoms with E-state index in [9.17, 15) is 9.18 Å².